The van der Waals surface area contributed by atoms with E-state index in [9.17, 15) is 4.79 Å². The molecule has 5 nitrogen and oxygen atoms in total. The molecular weight excluding hydrogens is 334 g/mol. The highest BCUT2D eigenvalue weighted by Gasteiger charge is 2.16. The molecule has 0 aliphatic rings. The van der Waals surface area contributed by atoms with Crippen LogP contribution in [0.3, 0.4) is 0 Å². The summed E-state index contributed by atoms with van der Waals surface area (Å²) in [6.07, 6.45) is 8.45. The van der Waals surface area contributed by atoms with E-state index in [0.29, 0.717) is 20.8 Å². The third-order valence-electron chi connectivity index (χ3n) is 3.87. The topological polar surface area (TPSA) is 57.0 Å². The summed E-state index contributed by atoms with van der Waals surface area (Å²) in [7, 11) is 0. The number of aryl methyl sites for hydroxylation is 1. The molecule has 0 fully saturated rings. The summed E-state index contributed by atoms with van der Waals surface area (Å²) >= 11 is 1.31. The van der Waals surface area contributed by atoms with Crippen LogP contribution in [0.15, 0.2) is 47.7 Å². The molecule has 0 radical (unpaired) electrons. The van der Waals surface area contributed by atoms with E-state index < -0.39 is 0 Å². The molecule has 0 saturated heterocycles. The van der Waals surface area contributed by atoms with Crippen LogP contribution in [0.2, 0.25) is 0 Å². The summed E-state index contributed by atoms with van der Waals surface area (Å²) in [5.74, 6) is 3.03. The number of benzene rings is 1. The van der Waals surface area contributed by atoms with Gasteiger partial charge in [0.15, 0.2) is 0 Å². The molecule has 6 heteroatoms. The van der Waals surface area contributed by atoms with E-state index in [1.165, 1.54) is 11.3 Å². The number of ether oxygens (including phenoxy) is 1. The quantitative estimate of drug-likeness (QED) is 0.534. The van der Waals surface area contributed by atoms with Crippen molar-refractivity contribution in [2.24, 2.45) is 0 Å². The number of aromatic nitrogens is 3. The first kappa shape index (κ1) is 15.4. The average molecular weight is 347 g/mol. The number of nitrogens with zero attached hydrogens (tertiary/aromatic N) is 3. The molecule has 3 heterocycles. The van der Waals surface area contributed by atoms with Crippen molar-refractivity contribution in [2.75, 3.05) is 6.61 Å². The number of hydrogen-bond acceptors (Lipinski definition) is 5. The van der Waals surface area contributed by atoms with Crippen LogP contribution in [-0.4, -0.2) is 21.1 Å². The van der Waals surface area contributed by atoms with Crippen molar-refractivity contribution in [2.45, 2.75) is 6.92 Å². The Morgan fingerprint density at radius 2 is 2.04 bits per heavy atom. The van der Waals surface area contributed by atoms with Crippen molar-refractivity contribution in [3.05, 3.63) is 58.8 Å². The maximum absolute atomic E-state index is 12.9. The molecule has 1 aromatic carbocycles. The Morgan fingerprint density at radius 3 is 2.80 bits per heavy atom. The number of terminal acetylenes is 1. The van der Waals surface area contributed by atoms with Crippen molar-refractivity contribution in [1.29, 1.82) is 0 Å². The van der Waals surface area contributed by atoms with Crippen molar-refractivity contribution in [3.63, 3.8) is 0 Å². The smallest absolute Gasteiger partial charge is 0.275 e. The van der Waals surface area contributed by atoms with E-state index in [1.807, 2.05) is 31.2 Å². The third-order valence-corrected chi connectivity index (χ3v) is 4.94. The van der Waals surface area contributed by atoms with Gasteiger partial charge in [-0.15, -0.1) is 17.8 Å². The largest absolute Gasteiger partial charge is 0.480 e. The highest BCUT2D eigenvalue weighted by molar-refractivity contribution is 7.25. The van der Waals surface area contributed by atoms with Crippen molar-refractivity contribution in [1.82, 2.24) is 14.5 Å². The zero-order valence-electron chi connectivity index (χ0n) is 13.4. The Morgan fingerprint density at radius 1 is 1.24 bits per heavy atom. The summed E-state index contributed by atoms with van der Waals surface area (Å²) < 4.78 is 7.67. The van der Waals surface area contributed by atoms with Gasteiger partial charge in [0.2, 0.25) is 0 Å². The SMILES string of the molecule is C#CCOc1ccnc2sc3c(=O)n(-c4ccc(C)cc4)cnc3c12. The van der Waals surface area contributed by atoms with Gasteiger partial charge < -0.3 is 4.74 Å². The Balaban J connectivity index is 1.96. The Bertz CT molecular complexity index is 1180. The fourth-order valence-electron chi connectivity index (χ4n) is 2.65. The van der Waals surface area contributed by atoms with Crippen LogP contribution < -0.4 is 10.3 Å². The van der Waals surface area contributed by atoms with Gasteiger partial charge in [-0.25, -0.2) is 9.97 Å². The number of pyridine rings is 1. The summed E-state index contributed by atoms with van der Waals surface area (Å²) in [4.78, 5) is 22.5. The normalized spacial score (nSPS) is 10.9. The van der Waals surface area contributed by atoms with Crippen LogP contribution in [0.5, 0.6) is 5.75 Å². The van der Waals surface area contributed by atoms with Gasteiger partial charge in [0.25, 0.3) is 5.56 Å². The molecule has 0 saturated carbocycles. The maximum Gasteiger partial charge on any atom is 0.275 e. The molecule has 0 spiro atoms. The summed E-state index contributed by atoms with van der Waals surface area (Å²) in [5.41, 5.74) is 2.37. The van der Waals surface area contributed by atoms with Crippen LogP contribution in [-0.2, 0) is 0 Å². The maximum atomic E-state index is 12.9. The molecule has 0 atom stereocenters. The highest BCUT2D eigenvalue weighted by Crippen LogP contribution is 2.35. The van der Waals surface area contributed by atoms with Crippen molar-refractivity contribution in [3.8, 4) is 23.8 Å². The van der Waals surface area contributed by atoms with E-state index >= 15 is 0 Å². The number of fused-ring (bicyclic) bond motifs is 3. The van der Waals surface area contributed by atoms with Gasteiger partial charge in [-0.3, -0.25) is 9.36 Å². The monoisotopic (exact) mass is 347 g/mol. The van der Waals surface area contributed by atoms with Gasteiger partial charge >= 0.3 is 0 Å². The van der Waals surface area contributed by atoms with Crippen LogP contribution in [0.25, 0.3) is 26.1 Å². The molecule has 0 bridgehead atoms. The van der Waals surface area contributed by atoms with Gasteiger partial charge in [0.1, 0.15) is 33.7 Å². The first-order valence-corrected chi connectivity index (χ1v) is 8.43. The standard InChI is InChI=1S/C19H13N3O2S/c1-3-10-24-14-8-9-20-18-15(14)16-17(25-18)19(23)22(11-21-16)13-6-4-12(2)5-7-13/h1,4-9,11H,10H2,2H3. The fraction of sp³-hybridized carbons (Fsp3) is 0.105. The minimum Gasteiger partial charge on any atom is -0.480 e. The second-order valence-electron chi connectivity index (χ2n) is 5.52. The van der Waals surface area contributed by atoms with Gasteiger partial charge in [-0.2, -0.15) is 0 Å². The number of thiophene rings is 1. The van der Waals surface area contributed by atoms with Gasteiger partial charge in [0, 0.05) is 6.20 Å². The minimum atomic E-state index is -0.125. The van der Waals surface area contributed by atoms with E-state index in [0.717, 1.165) is 16.6 Å². The molecule has 0 unspecified atom stereocenters. The zero-order chi connectivity index (χ0) is 17.4. The van der Waals surface area contributed by atoms with Crippen molar-refractivity contribution < 1.29 is 4.74 Å². The Hall–Kier alpha value is -3.17. The predicted molar refractivity (Wildman–Crippen MR) is 99.6 cm³/mol. The molecule has 3 aromatic heterocycles. The molecule has 0 aliphatic heterocycles. The first-order chi connectivity index (χ1) is 12.2. The molecule has 122 valence electrons. The van der Waals surface area contributed by atoms with Crippen molar-refractivity contribution >= 4 is 31.8 Å². The van der Waals surface area contributed by atoms with E-state index in [2.05, 4.69) is 15.9 Å². The van der Waals surface area contributed by atoms with E-state index in [1.54, 1.807) is 23.2 Å². The molecule has 4 rings (SSSR count). The van der Waals surface area contributed by atoms with Gasteiger partial charge in [-0.05, 0) is 25.1 Å². The lowest BCUT2D eigenvalue weighted by atomic mass is 10.2. The molecule has 0 amide bonds. The second-order valence-corrected chi connectivity index (χ2v) is 6.52. The molecule has 4 aromatic rings. The van der Waals surface area contributed by atoms with Gasteiger partial charge in [-0.1, -0.05) is 23.6 Å². The minimum absolute atomic E-state index is 0.125. The van der Waals surface area contributed by atoms with Crippen LogP contribution in [0.4, 0.5) is 0 Å². The molecule has 0 aliphatic carbocycles. The van der Waals surface area contributed by atoms with E-state index in [4.69, 9.17) is 11.2 Å². The fourth-order valence-corrected chi connectivity index (χ4v) is 3.70. The molecular formula is C19H13N3O2S. The summed E-state index contributed by atoms with van der Waals surface area (Å²) in [6, 6.07) is 9.46. The molecule has 0 N–H and O–H groups in total. The Kier molecular flexibility index (Phi) is 3.71. The first-order valence-electron chi connectivity index (χ1n) is 7.61. The van der Waals surface area contributed by atoms with Crippen LogP contribution >= 0.6 is 11.3 Å². The van der Waals surface area contributed by atoms with Crippen LogP contribution in [0.1, 0.15) is 5.56 Å². The average Bonchev–Trinajstić information content (AvgIpc) is 3.01. The zero-order valence-corrected chi connectivity index (χ0v) is 14.2. The highest BCUT2D eigenvalue weighted by atomic mass is 32.1. The van der Waals surface area contributed by atoms with Gasteiger partial charge in [0.05, 0.1) is 11.1 Å². The molecule has 25 heavy (non-hydrogen) atoms. The second kappa shape index (κ2) is 6.04. The Labute approximate surface area is 147 Å². The lowest BCUT2D eigenvalue weighted by Crippen LogP contribution is -2.17. The lowest BCUT2D eigenvalue weighted by Gasteiger charge is -2.06. The number of hydrogen-bond donors (Lipinski definition) is 0. The van der Waals surface area contributed by atoms with Crippen LogP contribution in [0, 0.1) is 19.3 Å². The lowest BCUT2D eigenvalue weighted by molar-refractivity contribution is 0.375. The summed E-state index contributed by atoms with van der Waals surface area (Å²) in [6.45, 7) is 2.15. The van der Waals surface area contributed by atoms with E-state index in [-0.39, 0.29) is 12.2 Å². The number of rotatable bonds is 3. The summed E-state index contributed by atoms with van der Waals surface area (Å²) in [5, 5.41) is 0.728. The third kappa shape index (κ3) is 2.55. The predicted octanol–water partition coefficient (Wildman–Crippen LogP) is 3.32.